The Hall–Kier alpha value is -0.680. The van der Waals surface area contributed by atoms with Gasteiger partial charge >= 0.3 is 0 Å². The molecule has 1 aromatic rings. The van der Waals surface area contributed by atoms with Gasteiger partial charge in [0, 0.05) is 6.61 Å². The summed E-state index contributed by atoms with van der Waals surface area (Å²) in [6, 6.07) is 0. The highest BCUT2D eigenvalue weighted by molar-refractivity contribution is 9.10. The molecule has 21 heavy (non-hydrogen) atoms. The number of hydrogen-bond donors (Lipinski definition) is 1. The van der Waals surface area contributed by atoms with Gasteiger partial charge in [0.2, 0.25) is 0 Å². The van der Waals surface area contributed by atoms with Crippen molar-refractivity contribution < 1.29 is 4.74 Å². The molecule has 2 unspecified atom stereocenters. The predicted molar refractivity (Wildman–Crippen MR) is 87.5 cm³/mol. The van der Waals surface area contributed by atoms with E-state index >= 15 is 0 Å². The van der Waals surface area contributed by atoms with Gasteiger partial charge in [-0.05, 0) is 54.5 Å². The molecular weight excluding hydrogens is 332 g/mol. The normalized spacial score (nSPS) is 26.0. The second kappa shape index (κ2) is 7.05. The van der Waals surface area contributed by atoms with Crippen LogP contribution in [0, 0.1) is 5.92 Å². The highest BCUT2D eigenvalue weighted by Gasteiger charge is 2.40. The molecule has 1 aliphatic rings. The number of H-pyrrole nitrogens is 1. The molecule has 1 heterocycles. The second-order valence-corrected chi connectivity index (χ2v) is 6.85. The van der Waals surface area contributed by atoms with Crippen molar-refractivity contribution in [1.29, 1.82) is 0 Å². The van der Waals surface area contributed by atoms with Crippen LogP contribution < -0.4 is 5.56 Å². The van der Waals surface area contributed by atoms with Gasteiger partial charge in [0.15, 0.2) is 0 Å². The number of ether oxygens (including phenoxy) is 1. The van der Waals surface area contributed by atoms with E-state index in [2.05, 4.69) is 34.8 Å². The van der Waals surface area contributed by atoms with E-state index in [9.17, 15) is 4.79 Å². The third kappa shape index (κ3) is 3.57. The number of rotatable bonds is 5. The molecule has 0 radical (unpaired) electrons. The van der Waals surface area contributed by atoms with Crippen LogP contribution in [0.5, 0.6) is 0 Å². The standard InChI is InChI=1S/C16H25BrN2O2/c1-4-7-12-13(17)14(20)19-15(18-12)16(21-5-2)9-6-8-11(3)10-16/h11H,4-10H2,1-3H3,(H,18,19,20). The van der Waals surface area contributed by atoms with E-state index in [4.69, 9.17) is 9.72 Å². The third-order valence-corrected chi connectivity index (χ3v) is 5.04. The zero-order valence-electron chi connectivity index (χ0n) is 13.2. The van der Waals surface area contributed by atoms with Crippen LogP contribution in [0.2, 0.25) is 0 Å². The maximum absolute atomic E-state index is 12.2. The first kappa shape index (κ1) is 16.7. The van der Waals surface area contributed by atoms with Crippen LogP contribution in [0.3, 0.4) is 0 Å². The molecule has 1 saturated carbocycles. The quantitative estimate of drug-likeness (QED) is 0.869. The number of halogens is 1. The van der Waals surface area contributed by atoms with E-state index in [-0.39, 0.29) is 5.56 Å². The van der Waals surface area contributed by atoms with Crippen LogP contribution in [-0.2, 0) is 16.8 Å². The summed E-state index contributed by atoms with van der Waals surface area (Å²) in [5, 5.41) is 0. The molecule has 0 saturated heterocycles. The Morgan fingerprint density at radius 1 is 1.48 bits per heavy atom. The first-order valence-electron chi connectivity index (χ1n) is 7.95. The van der Waals surface area contributed by atoms with Crippen LogP contribution in [0.4, 0.5) is 0 Å². The van der Waals surface area contributed by atoms with Crippen molar-refractivity contribution >= 4 is 15.9 Å². The van der Waals surface area contributed by atoms with Gasteiger partial charge < -0.3 is 9.72 Å². The molecule has 1 aromatic heterocycles. The van der Waals surface area contributed by atoms with Crippen molar-refractivity contribution in [2.45, 2.75) is 64.9 Å². The van der Waals surface area contributed by atoms with Gasteiger partial charge in [0.25, 0.3) is 5.56 Å². The van der Waals surface area contributed by atoms with Gasteiger partial charge in [-0.2, -0.15) is 0 Å². The van der Waals surface area contributed by atoms with E-state index in [1.54, 1.807) is 0 Å². The largest absolute Gasteiger partial charge is 0.367 e. The van der Waals surface area contributed by atoms with Gasteiger partial charge in [0.05, 0.1) is 5.69 Å². The first-order chi connectivity index (χ1) is 10.0. The number of nitrogens with zero attached hydrogens (tertiary/aromatic N) is 1. The Morgan fingerprint density at radius 3 is 2.86 bits per heavy atom. The topological polar surface area (TPSA) is 55.0 Å². The lowest BCUT2D eigenvalue weighted by Crippen LogP contribution is -2.39. The molecule has 118 valence electrons. The van der Waals surface area contributed by atoms with Crippen LogP contribution in [0.25, 0.3) is 0 Å². The first-order valence-corrected chi connectivity index (χ1v) is 8.74. The third-order valence-electron chi connectivity index (χ3n) is 4.23. The van der Waals surface area contributed by atoms with Crippen molar-refractivity contribution in [3.63, 3.8) is 0 Å². The van der Waals surface area contributed by atoms with Gasteiger partial charge in [0.1, 0.15) is 15.9 Å². The van der Waals surface area contributed by atoms with Crippen molar-refractivity contribution in [3.05, 3.63) is 26.3 Å². The highest BCUT2D eigenvalue weighted by atomic mass is 79.9. The summed E-state index contributed by atoms with van der Waals surface area (Å²) >= 11 is 3.36. The Balaban J connectivity index is 2.47. The van der Waals surface area contributed by atoms with Gasteiger partial charge in [-0.3, -0.25) is 4.79 Å². The molecule has 1 N–H and O–H groups in total. The fourth-order valence-electron chi connectivity index (χ4n) is 3.32. The zero-order valence-corrected chi connectivity index (χ0v) is 14.8. The van der Waals surface area contributed by atoms with Gasteiger partial charge in [-0.25, -0.2) is 4.98 Å². The smallest absolute Gasteiger partial charge is 0.265 e. The van der Waals surface area contributed by atoms with Crippen molar-refractivity contribution in [1.82, 2.24) is 9.97 Å². The Kier molecular flexibility index (Phi) is 5.60. The second-order valence-electron chi connectivity index (χ2n) is 6.05. The van der Waals surface area contributed by atoms with Crippen LogP contribution in [0.1, 0.15) is 64.4 Å². The molecule has 0 bridgehead atoms. The molecular formula is C16H25BrN2O2. The van der Waals surface area contributed by atoms with Crippen LogP contribution >= 0.6 is 15.9 Å². The summed E-state index contributed by atoms with van der Waals surface area (Å²) in [6.07, 6.45) is 5.96. The molecule has 1 fully saturated rings. The van der Waals surface area contributed by atoms with Crippen LogP contribution in [0.15, 0.2) is 9.27 Å². The van der Waals surface area contributed by atoms with E-state index < -0.39 is 5.60 Å². The Morgan fingerprint density at radius 2 is 2.24 bits per heavy atom. The average Bonchev–Trinajstić information content (AvgIpc) is 2.44. The summed E-state index contributed by atoms with van der Waals surface area (Å²) in [5.41, 5.74) is 0.323. The lowest BCUT2D eigenvalue weighted by Gasteiger charge is -2.39. The highest BCUT2D eigenvalue weighted by Crippen LogP contribution is 2.41. The maximum Gasteiger partial charge on any atom is 0.265 e. The SMILES string of the molecule is CCCc1nc(C2(OCC)CCCC(C)C2)[nH]c(=O)c1Br. The molecule has 5 heteroatoms. The summed E-state index contributed by atoms with van der Waals surface area (Å²) in [6.45, 7) is 6.98. The lowest BCUT2D eigenvalue weighted by molar-refractivity contribution is -0.0883. The average molecular weight is 357 g/mol. The minimum Gasteiger partial charge on any atom is -0.367 e. The number of aromatic amines is 1. The minimum atomic E-state index is -0.422. The van der Waals surface area contributed by atoms with E-state index in [1.165, 1.54) is 6.42 Å². The number of hydrogen-bond acceptors (Lipinski definition) is 3. The summed E-state index contributed by atoms with van der Waals surface area (Å²) in [4.78, 5) is 19.9. The van der Waals surface area contributed by atoms with Crippen LogP contribution in [-0.4, -0.2) is 16.6 Å². The summed E-state index contributed by atoms with van der Waals surface area (Å²) in [7, 11) is 0. The Bertz CT molecular complexity index is 540. The molecule has 0 aromatic carbocycles. The molecule has 2 atom stereocenters. The van der Waals surface area contributed by atoms with Gasteiger partial charge in [-0.1, -0.05) is 26.7 Å². The fraction of sp³-hybridized carbons (Fsp3) is 0.750. The van der Waals surface area contributed by atoms with Crippen molar-refractivity contribution in [3.8, 4) is 0 Å². The zero-order chi connectivity index (χ0) is 15.5. The summed E-state index contributed by atoms with van der Waals surface area (Å²) in [5.74, 6) is 1.31. The van der Waals surface area contributed by atoms with E-state index in [1.807, 2.05) is 6.92 Å². The molecule has 0 aliphatic heterocycles. The van der Waals surface area contributed by atoms with Gasteiger partial charge in [-0.15, -0.1) is 0 Å². The number of nitrogens with one attached hydrogen (secondary N) is 1. The molecule has 4 nitrogen and oxygen atoms in total. The molecule has 0 amide bonds. The summed E-state index contributed by atoms with van der Waals surface area (Å²) < 4.78 is 6.67. The number of aryl methyl sites for hydroxylation is 1. The van der Waals surface area contributed by atoms with E-state index in [0.29, 0.717) is 22.8 Å². The Labute approximate surface area is 134 Å². The fourth-order valence-corrected chi connectivity index (χ4v) is 3.70. The maximum atomic E-state index is 12.2. The monoisotopic (exact) mass is 356 g/mol. The molecule has 2 rings (SSSR count). The van der Waals surface area contributed by atoms with Crippen molar-refractivity contribution in [2.24, 2.45) is 5.92 Å². The minimum absolute atomic E-state index is 0.0965. The van der Waals surface area contributed by atoms with Crippen molar-refractivity contribution in [2.75, 3.05) is 6.61 Å². The molecule has 0 spiro atoms. The van der Waals surface area contributed by atoms with E-state index in [0.717, 1.165) is 37.8 Å². The predicted octanol–water partition coefficient (Wildman–Crippen LogP) is 3.93. The lowest BCUT2D eigenvalue weighted by atomic mass is 9.78. The molecule has 1 aliphatic carbocycles. The number of aromatic nitrogens is 2.